The van der Waals surface area contributed by atoms with Gasteiger partial charge in [0.15, 0.2) is 11.5 Å². The topological polar surface area (TPSA) is 42.2 Å². The fraction of sp³-hybridized carbons (Fsp3) is 0.211. The van der Waals surface area contributed by atoms with Crippen LogP contribution in [0.1, 0.15) is 23.6 Å². The van der Waals surface area contributed by atoms with Crippen LogP contribution >= 0.6 is 11.6 Å². The average molecular weight is 328 g/mol. The molecule has 2 rings (SSSR count). The van der Waals surface area contributed by atoms with Crippen LogP contribution in [0, 0.1) is 18.3 Å². The SMILES string of the molecule is CCOc1c(Cl)cc(/C=C(\C#N)c2ccc(C)cc2)cc1OC. The van der Waals surface area contributed by atoms with E-state index in [9.17, 15) is 5.26 Å². The molecule has 4 heteroatoms. The van der Waals surface area contributed by atoms with Crippen molar-refractivity contribution >= 4 is 23.3 Å². The number of ether oxygens (including phenoxy) is 2. The van der Waals surface area contributed by atoms with Gasteiger partial charge in [0.25, 0.3) is 0 Å². The molecule has 0 aliphatic carbocycles. The lowest BCUT2D eigenvalue weighted by Crippen LogP contribution is -1.96. The largest absolute Gasteiger partial charge is 0.493 e. The van der Waals surface area contributed by atoms with Crippen LogP contribution in [0.4, 0.5) is 0 Å². The minimum absolute atomic E-state index is 0.457. The van der Waals surface area contributed by atoms with Crippen LogP contribution in [0.25, 0.3) is 11.6 Å². The predicted molar refractivity (Wildman–Crippen MR) is 93.8 cm³/mol. The Balaban J connectivity index is 2.46. The maximum Gasteiger partial charge on any atom is 0.179 e. The van der Waals surface area contributed by atoms with E-state index in [-0.39, 0.29) is 0 Å². The zero-order valence-electron chi connectivity index (χ0n) is 13.4. The van der Waals surface area contributed by atoms with Crippen molar-refractivity contribution < 1.29 is 9.47 Å². The first-order valence-electron chi connectivity index (χ1n) is 7.28. The van der Waals surface area contributed by atoms with Crippen LogP contribution in [0.3, 0.4) is 0 Å². The zero-order valence-corrected chi connectivity index (χ0v) is 14.1. The Morgan fingerprint density at radius 1 is 1.26 bits per heavy atom. The normalized spacial score (nSPS) is 11.0. The molecule has 23 heavy (non-hydrogen) atoms. The van der Waals surface area contributed by atoms with E-state index in [1.807, 2.05) is 44.2 Å². The van der Waals surface area contributed by atoms with Gasteiger partial charge in [-0.2, -0.15) is 5.26 Å². The van der Waals surface area contributed by atoms with Gasteiger partial charge in [-0.1, -0.05) is 41.4 Å². The first kappa shape index (κ1) is 16.9. The lowest BCUT2D eigenvalue weighted by Gasteiger charge is -2.12. The number of hydrogen-bond acceptors (Lipinski definition) is 3. The highest BCUT2D eigenvalue weighted by molar-refractivity contribution is 6.32. The fourth-order valence-electron chi connectivity index (χ4n) is 2.19. The zero-order chi connectivity index (χ0) is 16.8. The van der Waals surface area contributed by atoms with Crippen molar-refractivity contribution in [3.8, 4) is 17.6 Å². The lowest BCUT2D eigenvalue weighted by atomic mass is 10.0. The van der Waals surface area contributed by atoms with Crippen molar-refractivity contribution in [2.45, 2.75) is 13.8 Å². The summed E-state index contributed by atoms with van der Waals surface area (Å²) in [6, 6.07) is 13.6. The molecule has 2 aromatic rings. The number of benzene rings is 2. The summed E-state index contributed by atoms with van der Waals surface area (Å²) in [5.41, 5.74) is 3.36. The number of halogens is 1. The summed E-state index contributed by atoms with van der Waals surface area (Å²) in [6.07, 6.45) is 1.79. The Morgan fingerprint density at radius 2 is 1.96 bits per heavy atom. The molecule has 0 radical (unpaired) electrons. The number of allylic oxidation sites excluding steroid dienone is 1. The summed E-state index contributed by atoms with van der Waals surface area (Å²) < 4.78 is 10.8. The molecule has 0 bridgehead atoms. The van der Waals surface area contributed by atoms with Gasteiger partial charge < -0.3 is 9.47 Å². The summed E-state index contributed by atoms with van der Waals surface area (Å²) >= 11 is 6.27. The van der Waals surface area contributed by atoms with Crippen LogP contribution in [0.15, 0.2) is 36.4 Å². The monoisotopic (exact) mass is 327 g/mol. The number of nitrogens with zero attached hydrogens (tertiary/aromatic N) is 1. The van der Waals surface area contributed by atoms with E-state index < -0.39 is 0 Å². The van der Waals surface area contributed by atoms with Gasteiger partial charge in [0, 0.05) is 0 Å². The Hall–Kier alpha value is -2.44. The molecule has 0 aliphatic rings. The van der Waals surface area contributed by atoms with E-state index in [0.717, 1.165) is 16.7 Å². The van der Waals surface area contributed by atoms with Crippen molar-refractivity contribution in [3.63, 3.8) is 0 Å². The molecule has 0 saturated carbocycles. The predicted octanol–water partition coefficient (Wildman–Crippen LogP) is 5.12. The molecule has 3 nitrogen and oxygen atoms in total. The third-order valence-corrected chi connectivity index (χ3v) is 3.62. The molecule has 0 saturated heterocycles. The van der Waals surface area contributed by atoms with Gasteiger partial charge in [-0.3, -0.25) is 0 Å². The van der Waals surface area contributed by atoms with Crippen molar-refractivity contribution in [2.24, 2.45) is 0 Å². The Bertz CT molecular complexity index is 758. The summed E-state index contributed by atoms with van der Waals surface area (Å²) in [5, 5.41) is 9.89. The lowest BCUT2D eigenvalue weighted by molar-refractivity contribution is 0.311. The number of hydrogen-bond donors (Lipinski definition) is 0. The average Bonchev–Trinajstić information content (AvgIpc) is 2.55. The highest BCUT2D eigenvalue weighted by Gasteiger charge is 2.11. The van der Waals surface area contributed by atoms with E-state index in [1.165, 1.54) is 0 Å². The molecular formula is C19H18ClNO2. The van der Waals surface area contributed by atoms with E-state index in [2.05, 4.69) is 6.07 Å². The second-order valence-corrected chi connectivity index (χ2v) is 5.41. The molecule has 0 spiro atoms. The summed E-state index contributed by atoms with van der Waals surface area (Å²) in [6.45, 7) is 4.39. The van der Waals surface area contributed by atoms with Crippen LogP contribution in [-0.2, 0) is 0 Å². The third-order valence-electron chi connectivity index (χ3n) is 3.33. The standard InChI is InChI=1S/C19H18ClNO2/c1-4-23-19-17(20)10-14(11-18(19)22-3)9-16(12-21)15-7-5-13(2)6-8-15/h5-11H,4H2,1-3H3/b16-9+. The molecule has 118 valence electrons. The molecule has 0 N–H and O–H groups in total. The molecule has 2 aromatic carbocycles. The molecule has 0 aromatic heterocycles. The van der Waals surface area contributed by atoms with Gasteiger partial charge >= 0.3 is 0 Å². The molecule has 0 aliphatic heterocycles. The van der Waals surface area contributed by atoms with Gasteiger partial charge in [0.2, 0.25) is 0 Å². The highest BCUT2D eigenvalue weighted by Crippen LogP contribution is 2.37. The summed E-state index contributed by atoms with van der Waals surface area (Å²) in [5.74, 6) is 1.06. The quantitative estimate of drug-likeness (QED) is 0.565. The second kappa shape index (κ2) is 7.71. The third kappa shape index (κ3) is 4.06. The number of rotatable bonds is 5. The van der Waals surface area contributed by atoms with Gasteiger partial charge in [-0.25, -0.2) is 0 Å². The maximum atomic E-state index is 9.44. The minimum atomic E-state index is 0.457. The van der Waals surface area contributed by atoms with E-state index in [0.29, 0.717) is 28.7 Å². The number of nitriles is 1. The Labute approximate surface area is 141 Å². The fourth-order valence-corrected chi connectivity index (χ4v) is 2.46. The van der Waals surface area contributed by atoms with E-state index in [4.69, 9.17) is 21.1 Å². The Kier molecular flexibility index (Phi) is 5.67. The maximum absolute atomic E-state index is 9.44. The highest BCUT2D eigenvalue weighted by atomic mass is 35.5. The minimum Gasteiger partial charge on any atom is -0.493 e. The second-order valence-electron chi connectivity index (χ2n) is 5.00. The van der Waals surface area contributed by atoms with Crippen LogP contribution < -0.4 is 9.47 Å². The van der Waals surface area contributed by atoms with Gasteiger partial charge in [0.1, 0.15) is 0 Å². The van der Waals surface area contributed by atoms with Gasteiger partial charge in [0.05, 0.1) is 30.4 Å². The van der Waals surface area contributed by atoms with Crippen LogP contribution in [-0.4, -0.2) is 13.7 Å². The number of aryl methyl sites for hydroxylation is 1. The summed E-state index contributed by atoms with van der Waals surface area (Å²) in [4.78, 5) is 0. The van der Waals surface area contributed by atoms with Crippen molar-refractivity contribution in [1.29, 1.82) is 5.26 Å². The molecule has 0 heterocycles. The smallest absolute Gasteiger partial charge is 0.179 e. The van der Waals surface area contributed by atoms with Gasteiger partial charge in [-0.15, -0.1) is 0 Å². The van der Waals surface area contributed by atoms with Crippen LogP contribution in [0.2, 0.25) is 5.02 Å². The van der Waals surface area contributed by atoms with E-state index in [1.54, 1.807) is 19.3 Å². The van der Waals surface area contributed by atoms with Crippen molar-refractivity contribution in [3.05, 3.63) is 58.1 Å². The van der Waals surface area contributed by atoms with Crippen molar-refractivity contribution in [2.75, 3.05) is 13.7 Å². The van der Waals surface area contributed by atoms with Gasteiger partial charge in [-0.05, 0) is 43.2 Å². The Morgan fingerprint density at radius 3 is 2.52 bits per heavy atom. The first-order chi connectivity index (χ1) is 11.1. The molecule has 0 atom stereocenters. The van der Waals surface area contributed by atoms with E-state index >= 15 is 0 Å². The first-order valence-corrected chi connectivity index (χ1v) is 7.66. The van der Waals surface area contributed by atoms with Crippen molar-refractivity contribution in [1.82, 2.24) is 0 Å². The van der Waals surface area contributed by atoms with Crippen LogP contribution in [0.5, 0.6) is 11.5 Å². The molecule has 0 amide bonds. The molecular weight excluding hydrogens is 310 g/mol. The molecule has 0 fully saturated rings. The number of methoxy groups -OCH3 is 1. The molecule has 0 unspecified atom stereocenters. The summed E-state index contributed by atoms with van der Waals surface area (Å²) in [7, 11) is 1.56.